The highest BCUT2D eigenvalue weighted by Crippen LogP contribution is 2.35. The van der Waals surface area contributed by atoms with Gasteiger partial charge in [-0.2, -0.15) is 0 Å². The van der Waals surface area contributed by atoms with E-state index < -0.39 is 60.9 Å². The number of ether oxygens (including phenoxy) is 1. The van der Waals surface area contributed by atoms with E-state index in [1.54, 1.807) is 0 Å². The number of carboxylic acids is 1. The van der Waals surface area contributed by atoms with Crippen LogP contribution in [0.1, 0.15) is 32.1 Å². The molecule has 2 saturated heterocycles. The highest BCUT2D eigenvalue weighted by Gasteiger charge is 2.62. The summed E-state index contributed by atoms with van der Waals surface area (Å²) in [6.45, 7) is 5.02. The molecule has 0 aromatic heterocycles. The number of aliphatic carboxylic acids is 1. The Hall–Kier alpha value is -3.08. The normalized spacial score (nSPS) is 17.1. The van der Waals surface area contributed by atoms with Crippen LogP contribution >= 0.6 is 0 Å². The molecule has 11 nitrogen and oxygen atoms in total. The van der Waals surface area contributed by atoms with Gasteiger partial charge >= 0.3 is 11.9 Å². The Balaban J connectivity index is 0.00000176. The van der Waals surface area contributed by atoms with Crippen molar-refractivity contribution in [3.05, 3.63) is 13.2 Å². The van der Waals surface area contributed by atoms with Crippen LogP contribution in [0.15, 0.2) is 13.2 Å². The van der Waals surface area contributed by atoms with Gasteiger partial charge in [0, 0.05) is 25.7 Å². The van der Waals surface area contributed by atoms with Gasteiger partial charge in [-0.1, -0.05) is 0 Å². The average Bonchev–Trinajstić information content (AvgIpc) is 3.15. The topological polar surface area (TPSA) is 159 Å². The molecule has 0 radical (unpaired) electrons. The molecule has 2 aliphatic heterocycles. The highest BCUT2D eigenvalue weighted by molar-refractivity contribution is 6.12. The van der Waals surface area contributed by atoms with Gasteiger partial charge in [-0.05, 0) is 0 Å². The third-order valence-electron chi connectivity index (χ3n) is 3.93. The SMILES string of the molecule is C=C.O=C(CC(C(=O)O)(N1C(=O)CCC1=O)N1C(=O)CCC1=O)OCCO. The first-order valence-corrected chi connectivity index (χ1v) is 7.97. The lowest BCUT2D eigenvalue weighted by molar-refractivity contribution is -0.186. The van der Waals surface area contributed by atoms with Gasteiger partial charge in [0.25, 0.3) is 0 Å². The molecule has 0 atom stereocenters. The molecule has 2 aliphatic rings. The molecule has 0 unspecified atom stereocenters. The zero-order valence-electron chi connectivity index (χ0n) is 14.5. The van der Waals surface area contributed by atoms with Crippen LogP contribution in [0.3, 0.4) is 0 Å². The fourth-order valence-electron chi connectivity index (χ4n) is 2.92. The first-order valence-electron chi connectivity index (χ1n) is 7.97. The van der Waals surface area contributed by atoms with E-state index in [-0.39, 0.29) is 35.5 Å². The Morgan fingerprint density at radius 1 is 0.926 bits per heavy atom. The zero-order valence-corrected chi connectivity index (χ0v) is 14.5. The van der Waals surface area contributed by atoms with Crippen molar-refractivity contribution in [1.29, 1.82) is 0 Å². The van der Waals surface area contributed by atoms with E-state index in [2.05, 4.69) is 17.9 Å². The van der Waals surface area contributed by atoms with Crippen molar-refractivity contribution in [2.24, 2.45) is 0 Å². The molecule has 0 aliphatic carbocycles. The first-order chi connectivity index (χ1) is 12.8. The Morgan fingerprint density at radius 3 is 1.59 bits per heavy atom. The van der Waals surface area contributed by atoms with Crippen LogP contribution in [-0.2, 0) is 33.5 Å². The number of carboxylic acid groups (broad SMARTS) is 1. The van der Waals surface area contributed by atoms with Gasteiger partial charge in [0.1, 0.15) is 6.61 Å². The van der Waals surface area contributed by atoms with Crippen molar-refractivity contribution in [3.63, 3.8) is 0 Å². The van der Waals surface area contributed by atoms with Crippen LogP contribution in [0.2, 0.25) is 0 Å². The standard InChI is InChI=1S/C14H16N2O9.C2H4/c17-5-6-25-12(22)7-14(13(23)24,15-8(18)1-2-9(15)19)16-10(20)3-4-11(16)21;1-2/h17H,1-7H2,(H,23,24);1-2H2. The maximum absolute atomic E-state index is 12.1. The lowest BCUT2D eigenvalue weighted by atomic mass is 10.0. The summed E-state index contributed by atoms with van der Waals surface area (Å²) in [5.41, 5.74) is -2.80. The summed E-state index contributed by atoms with van der Waals surface area (Å²) in [7, 11) is 0. The summed E-state index contributed by atoms with van der Waals surface area (Å²) in [5.74, 6) is -6.69. The van der Waals surface area contributed by atoms with Gasteiger partial charge in [-0.25, -0.2) is 14.6 Å². The molecule has 2 fully saturated rings. The summed E-state index contributed by atoms with van der Waals surface area (Å²) in [4.78, 5) is 73.0. The van der Waals surface area contributed by atoms with Crippen molar-refractivity contribution < 1.29 is 43.7 Å². The van der Waals surface area contributed by atoms with E-state index in [0.717, 1.165) is 0 Å². The van der Waals surface area contributed by atoms with Gasteiger partial charge in [0.15, 0.2) is 0 Å². The molecule has 0 bridgehead atoms. The van der Waals surface area contributed by atoms with Crippen LogP contribution in [0.4, 0.5) is 0 Å². The summed E-state index contributed by atoms with van der Waals surface area (Å²) >= 11 is 0. The minimum atomic E-state index is -2.80. The van der Waals surface area contributed by atoms with E-state index in [9.17, 15) is 33.9 Å². The minimum Gasteiger partial charge on any atom is -0.478 e. The minimum absolute atomic E-state index is 0.288. The van der Waals surface area contributed by atoms with Crippen LogP contribution in [0.25, 0.3) is 0 Å². The third kappa shape index (κ3) is 4.03. The molecule has 4 amide bonds. The maximum Gasteiger partial charge on any atom is 0.352 e. The van der Waals surface area contributed by atoms with E-state index in [4.69, 9.17) is 5.11 Å². The molecule has 148 valence electrons. The molecular formula is C16H20N2O9. The highest BCUT2D eigenvalue weighted by atomic mass is 16.5. The lowest BCUT2D eigenvalue weighted by Gasteiger charge is -2.41. The van der Waals surface area contributed by atoms with Gasteiger partial charge in [-0.3, -0.25) is 24.0 Å². The molecule has 0 saturated carbocycles. The first kappa shape index (κ1) is 22.0. The largest absolute Gasteiger partial charge is 0.478 e. The van der Waals surface area contributed by atoms with Gasteiger partial charge in [0.05, 0.1) is 13.0 Å². The van der Waals surface area contributed by atoms with Gasteiger partial charge < -0.3 is 14.9 Å². The van der Waals surface area contributed by atoms with Crippen LogP contribution in [0.5, 0.6) is 0 Å². The molecule has 2 heterocycles. The molecule has 11 heteroatoms. The monoisotopic (exact) mass is 384 g/mol. The van der Waals surface area contributed by atoms with Crippen molar-refractivity contribution in [1.82, 2.24) is 9.80 Å². The molecule has 27 heavy (non-hydrogen) atoms. The molecular weight excluding hydrogens is 364 g/mol. The smallest absolute Gasteiger partial charge is 0.352 e. The maximum atomic E-state index is 12.1. The number of carbonyl (C=O) groups excluding carboxylic acids is 5. The number of hydrogen-bond acceptors (Lipinski definition) is 8. The number of amides is 4. The predicted molar refractivity (Wildman–Crippen MR) is 86.5 cm³/mol. The number of likely N-dealkylation sites (tertiary alicyclic amines) is 2. The third-order valence-corrected chi connectivity index (χ3v) is 3.93. The quantitative estimate of drug-likeness (QED) is 0.312. The van der Waals surface area contributed by atoms with Gasteiger partial charge in [0.2, 0.25) is 29.3 Å². The van der Waals surface area contributed by atoms with Gasteiger partial charge in [-0.15, -0.1) is 13.2 Å². The van der Waals surface area contributed by atoms with E-state index >= 15 is 0 Å². The number of rotatable bonds is 7. The van der Waals surface area contributed by atoms with Crippen molar-refractivity contribution in [2.45, 2.75) is 37.8 Å². The molecule has 2 N–H and O–H groups in total. The fourth-order valence-corrected chi connectivity index (χ4v) is 2.92. The number of imide groups is 2. The zero-order chi connectivity index (χ0) is 20.8. The molecule has 0 aromatic carbocycles. The number of nitrogens with zero attached hydrogens (tertiary/aromatic N) is 2. The second-order valence-corrected chi connectivity index (χ2v) is 5.49. The second-order valence-electron chi connectivity index (χ2n) is 5.49. The molecule has 2 rings (SSSR count). The summed E-state index contributed by atoms with van der Waals surface area (Å²) in [5, 5.41) is 18.4. The number of aliphatic hydroxyl groups is 1. The number of hydrogen-bond donors (Lipinski definition) is 2. The Kier molecular flexibility index (Phi) is 7.35. The van der Waals surface area contributed by atoms with Crippen molar-refractivity contribution in [3.8, 4) is 0 Å². The number of carbonyl (C=O) groups is 6. The average molecular weight is 384 g/mol. The lowest BCUT2D eigenvalue weighted by Crippen LogP contribution is -2.69. The Morgan fingerprint density at radius 2 is 1.30 bits per heavy atom. The predicted octanol–water partition coefficient (Wildman–Crippen LogP) is -1.21. The Labute approximate surface area is 154 Å². The van der Waals surface area contributed by atoms with Crippen LogP contribution in [0, 0.1) is 0 Å². The van der Waals surface area contributed by atoms with Crippen molar-refractivity contribution in [2.75, 3.05) is 13.2 Å². The van der Waals surface area contributed by atoms with Crippen molar-refractivity contribution >= 4 is 35.6 Å². The molecule has 0 spiro atoms. The Bertz CT molecular complexity index is 605. The fraction of sp³-hybridized carbons (Fsp3) is 0.500. The summed E-state index contributed by atoms with van der Waals surface area (Å²) in [6, 6.07) is 0. The second kappa shape index (κ2) is 9.03. The van der Waals surface area contributed by atoms with E-state index in [1.807, 2.05) is 0 Å². The van der Waals surface area contributed by atoms with E-state index in [0.29, 0.717) is 0 Å². The number of aliphatic hydroxyl groups excluding tert-OH is 1. The molecule has 0 aromatic rings. The van der Waals surface area contributed by atoms with Crippen LogP contribution in [-0.4, -0.2) is 74.5 Å². The summed E-state index contributed by atoms with van der Waals surface area (Å²) < 4.78 is 4.61. The van der Waals surface area contributed by atoms with E-state index in [1.165, 1.54) is 0 Å². The number of esters is 1. The van der Waals surface area contributed by atoms with Crippen LogP contribution < -0.4 is 0 Å². The summed E-state index contributed by atoms with van der Waals surface area (Å²) in [6.07, 6.45) is -2.30.